The molecule has 1 aromatic carbocycles. The number of hydrogen-bond donors (Lipinski definition) is 1. The van der Waals surface area contributed by atoms with Gasteiger partial charge in [-0.3, -0.25) is 4.68 Å². The van der Waals surface area contributed by atoms with E-state index >= 15 is 0 Å². The summed E-state index contributed by atoms with van der Waals surface area (Å²) in [5.41, 5.74) is 1.53. The summed E-state index contributed by atoms with van der Waals surface area (Å²) in [4.78, 5) is 0. The third-order valence-corrected chi connectivity index (χ3v) is 3.23. The third kappa shape index (κ3) is 3.14. The molecule has 0 radical (unpaired) electrons. The van der Waals surface area contributed by atoms with Gasteiger partial charge in [0.2, 0.25) is 0 Å². The lowest BCUT2D eigenvalue weighted by Gasteiger charge is -2.17. The largest absolute Gasteiger partial charge is 0.306 e. The van der Waals surface area contributed by atoms with E-state index in [1.807, 2.05) is 24.7 Å². The van der Waals surface area contributed by atoms with Crippen molar-refractivity contribution in [1.29, 1.82) is 0 Å². The van der Waals surface area contributed by atoms with Crippen LogP contribution >= 0.6 is 11.6 Å². The van der Waals surface area contributed by atoms with Crippen LogP contribution in [0.15, 0.2) is 30.6 Å². The first-order valence-corrected chi connectivity index (χ1v) is 6.74. The van der Waals surface area contributed by atoms with Crippen LogP contribution in [0.4, 0.5) is 4.39 Å². The van der Waals surface area contributed by atoms with E-state index in [0.29, 0.717) is 10.6 Å². The van der Waals surface area contributed by atoms with Gasteiger partial charge in [-0.15, -0.1) is 0 Å². The average molecular weight is 282 g/mol. The molecule has 0 fully saturated rings. The molecule has 3 nitrogen and oxygen atoms in total. The van der Waals surface area contributed by atoms with E-state index in [1.165, 1.54) is 6.07 Å². The summed E-state index contributed by atoms with van der Waals surface area (Å²) in [5.74, 6) is -0.303. The normalized spacial score (nSPS) is 12.6. The second-order valence-electron chi connectivity index (χ2n) is 4.29. The van der Waals surface area contributed by atoms with Crippen LogP contribution in [0.1, 0.15) is 31.0 Å². The SMILES string of the molecule is CCNC(c1cnn(CC)c1)c1ccc(Cl)cc1F. The van der Waals surface area contributed by atoms with Crippen LogP contribution in [0.2, 0.25) is 5.02 Å². The Balaban J connectivity index is 2.38. The first kappa shape index (κ1) is 14.0. The molecule has 0 bridgehead atoms. The molecule has 0 saturated heterocycles. The maximum atomic E-state index is 14.0. The van der Waals surface area contributed by atoms with Crippen molar-refractivity contribution in [3.63, 3.8) is 0 Å². The molecule has 1 heterocycles. The van der Waals surface area contributed by atoms with Crippen molar-refractivity contribution in [3.05, 3.63) is 52.6 Å². The van der Waals surface area contributed by atoms with Crippen molar-refractivity contribution in [2.45, 2.75) is 26.4 Å². The van der Waals surface area contributed by atoms with Crippen LogP contribution in [0.3, 0.4) is 0 Å². The minimum absolute atomic E-state index is 0.206. The van der Waals surface area contributed by atoms with Gasteiger partial charge in [0, 0.05) is 28.9 Å². The lowest BCUT2D eigenvalue weighted by molar-refractivity contribution is 0.558. The highest BCUT2D eigenvalue weighted by molar-refractivity contribution is 6.30. The fraction of sp³-hybridized carbons (Fsp3) is 0.357. The maximum Gasteiger partial charge on any atom is 0.129 e. The first-order valence-electron chi connectivity index (χ1n) is 6.36. The van der Waals surface area contributed by atoms with Crippen molar-refractivity contribution in [2.75, 3.05) is 6.54 Å². The molecule has 1 N–H and O–H groups in total. The fourth-order valence-electron chi connectivity index (χ4n) is 2.05. The highest BCUT2D eigenvalue weighted by Crippen LogP contribution is 2.26. The monoisotopic (exact) mass is 281 g/mol. The molecule has 0 aliphatic carbocycles. The van der Waals surface area contributed by atoms with Gasteiger partial charge in [0.25, 0.3) is 0 Å². The highest BCUT2D eigenvalue weighted by atomic mass is 35.5. The molecule has 2 aromatic rings. The van der Waals surface area contributed by atoms with Crippen LogP contribution < -0.4 is 5.32 Å². The number of aromatic nitrogens is 2. The van der Waals surface area contributed by atoms with Crippen molar-refractivity contribution in [2.24, 2.45) is 0 Å². The average Bonchev–Trinajstić information content (AvgIpc) is 2.85. The van der Waals surface area contributed by atoms with E-state index in [2.05, 4.69) is 10.4 Å². The molecule has 19 heavy (non-hydrogen) atoms. The van der Waals surface area contributed by atoms with E-state index in [-0.39, 0.29) is 11.9 Å². The third-order valence-electron chi connectivity index (χ3n) is 2.99. The number of rotatable bonds is 5. The van der Waals surface area contributed by atoms with Gasteiger partial charge in [-0.1, -0.05) is 24.6 Å². The van der Waals surface area contributed by atoms with E-state index < -0.39 is 0 Å². The van der Waals surface area contributed by atoms with Crippen LogP contribution in [0, 0.1) is 5.82 Å². The number of nitrogens with one attached hydrogen (secondary N) is 1. The number of aryl methyl sites for hydroxylation is 1. The molecule has 1 atom stereocenters. The molecular weight excluding hydrogens is 265 g/mol. The summed E-state index contributed by atoms with van der Waals surface area (Å²) in [5, 5.41) is 7.92. The molecule has 1 unspecified atom stereocenters. The molecule has 0 saturated carbocycles. The first-order chi connectivity index (χ1) is 9.15. The summed E-state index contributed by atoms with van der Waals surface area (Å²) < 4.78 is 15.9. The Morgan fingerprint density at radius 1 is 1.42 bits per heavy atom. The van der Waals surface area contributed by atoms with Gasteiger partial charge < -0.3 is 5.32 Å². The molecule has 0 aliphatic heterocycles. The van der Waals surface area contributed by atoms with Gasteiger partial charge in [0.15, 0.2) is 0 Å². The minimum Gasteiger partial charge on any atom is -0.306 e. The van der Waals surface area contributed by atoms with Gasteiger partial charge in [-0.2, -0.15) is 5.10 Å². The number of halogens is 2. The van der Waals surface area contributed by atoms with Gasteiger partial charge in [-0.05, 0) is 25.6 Å². The molecule has 5 heteroatoms. The van der Waals surface area contributed by atoms with Gasteiger partial charge in [0.05, 0.1) is 12.2 Å². The van der Waals surface area contributed by atoms with Gasteiger partial charge >= 0.3 is 0 Å². The zero-order chi connectivity index (χ0) is 13.8. The zero-order valence-corrected chi connectivity index (χ0v) is 11.8. The van der Waals surface area contributed by atoms with Gasteiger partial charge in [0.1, 0.15) is 5.82 Å². The van der Waals surface area contributed by atoms with Crippen LogP contribution in [-0.4, -0.2) is 16.3 Å². The summed E-state index contributed by atoms with van der Waals surface area (Å²) in [6.45, 7) is 5.54. The number of nitrogens with zero attached hydrogens (tertiary/aromatic N) is 2. The second-order valence-corrected chi connectivity index (χ2v) is 4.72. The summed E-state index contributed by atoms with van der Waals surface area (Å²) in [6.07, 6.45) is 3.70. The highest BCUT2D eigenvalue weighted by Gasteiger charge is 2.18. The van der Waals surface area contributed by atoms with Gasteiger partial charge in [-0.25, -0.2) is 4.39 Å². The van der Waals surface area contributed by atoms with E-state index in [1.54, 1.807) is 18.3 Å². The second kappa shape index (κ2) is 6.17. The predicted molar refractivity (Wildman–Crippen MR) is 74.8 cm³/mol. The maximum absolute atomic E-state index is 14.0. The summed E-state index contributed by atoms with van der Waals surface area (Å²) >= 11 is 5.79. The topological polar surface area (TPSA) is 29.9 Å². The molecule has 1 aromatic heterocycles. The summed E-state index contributed by atoms with van der Waals surface area (Å²) in [6, 6.07) is 4.55. The number of benzene rings is 1. The Kier molecular flexibility index (Phi) is 4.56. The lowest BCUT2D eigenvalue weighted by atomic mass is 10.0. The van der Waals surface area contributed by atoms with Crippen LogP contribution in [-0.2, 0) is 6.54 Å². The molecular formula is C14H17ClFN3. The van der Waals surface area contributed by atoms with Crippen molar-refractivity contribution in [1.82, 2.24) is 15.1 Å². The van der Waals surface area contributed by atoms with Crippen molar-refractivity contribution in [3.8, 4) is 0 Å². The molecule has 102 valence electrons. The lowest BCUT2D eigenvalue weighted by Crippen LogP contribution is -2.22. The minimum atomic E-state index is -0.303. The van der Waals surface area contributed by atoms with Crippen molar-refractivity contribution < 1.29 is 4.39 Å². The van der Waals surface area contributed by atoms with Crippen molar-refractivity contribution >= 4 is 11.6 Å². The Labute approximate surface area is 117 Å². The van der Waals surface area contributed by atoms with Crippen LogP contribution in [0.5, 0.6) is 0 Å². The molecule has 2 rings (SSSR count). The molecule has 0 spiro atoms. The Morgan fingerprint density at radius 2 is 2.21 bits per heavy atom. The Bertz CT molecular complexity index is 553. The molecule has 0 amide bonds. The zero-order valence-electron chi connectivity index (χ0n) is 11.0. The van der Waals surface area contributed by atoms with E-state index in [9.17, 15) is 4.39 Å². The summed E-state index contributed by atoms with van der Waals surface area (Å²) in [7, 11) is 0. The standard InChI is InChI=1S/C14H17ClFN3/c1-3-17-14(10-8-18-19(4-2)9-10)12-6-5-11(15)7-13(12)16/h5-9,14,17H,3-4H2,1-2H3. The predicted octanol–water partition coefficient (Wildman–Crippen LogP) is 3.39. The number of hydrogen-bond acceptors (Lipinski definition) is 2. The van der Waals surface area contributed by atoms with Crippen LogP contribution in [0.25, 0.3) is 0 Å². The van der Waals surface area contributed by atoms with E-state index in [4.69, 9.17) is 11.6 Å². The quantitative estimate of drug-likeness (QED) is 0.910. The Hall–Kier alpha value is -1.39. The fourth-order valence-corrected chi connectivity index (χ4v) is 2.21. The molecule has 0 aliphatic rings. The smallest absolute Gasteiger partial charge is 0.129 e. The van der Waals surface area contributed by atoms with E-state index in [0.717, 1.165) is 18.7 Å². The Morgan fingerprint density at radius 3 is 2.79 bits per heavy atom.